The molecule has 2 heterocycles. The number of hydrogen-bond donors (Lipinski definition) is 1. The fraction of sp³-hybridized carbons (Fsp3) is 0.611. The van der Waals surface area contributed by atoms with Gasteiger partial charge in [0.2, 0.25) is 0 Å². The number of hydrogen-bond acceptors (Lipinski definition) is 4. The number of morpholine rings is 1. The average Bonchev–Trinajstić information content (AvgIpc) is 2.58. The van der Waals surface area contributed by atoms with Crippen LogP contribution in [-0.4, -0.2) is 56.4 Å². The van der Waals surface area contributed by atoms with Crippen LogP contribution in [0, 0.1) is 6.92 Å². The molecule has 1 N–H and O–H groups in total. The Morgan fingerprint density at radius 1 is 1.17 bits per heavy atom. The van der Waals surface area contributed by atoms with Crippen LogP contribution in [-0.2, 0) is 16.0 Å². The highest BCUT2D eigenvalue weighted by Gasteiger charge is 2.19. The largest absolute Gasteiger partial charge is 0.381 e. The maximum absolute atomic E-state index is 12.6. The van der Waals surface area contributed by atoms with E-state index in [9.17, 15) is 4.79 Å². The fourth-order valence-electron chi connectivity index (χ4n) is 3.13. The van der Waals surface area contributed by atoms with Crippen molar-refractivity contribution in [3.05, 3.63) is 34.9 Å². The molecule has 1 amide bonds. The zero-order valence-corrected chi connectivity index (χ0v) is 13.8. The predicted molar refractivity (Wildman–Crippen MR) is 88.6 cm³/mol. The van der Waals surface area contributed by atoms with Crippen molar-refractivity contribution in [1.29, 1.82) is 0 Å². The Morgan fingerprint density at radius 2 is 1.87 bits per heavy atom. The molecule has 0 spiro atoms. The van der Waals surface area contributed by atoms with Gasteiger partial charge < -0.3 is 14.8 Å². The third-order valence-electron chi connectivity index (χ3n) is 4.61. The summed E-state index contributed by atoms with van der Waals surface area (Å²) in [6, 6.07) is 6.45. The maximum Gasteiger partial charge on any atom is 0.251 e. The number of aryl methyl sites for hydroxylation is 1. The number of ether oxygens (including phenoxy) is 2. The standard InChI is InChI=1S/C18H26N2O3/c1-14-2-3-15(13-20-6-10-23-11-7-20)12-17(14)18(21)19-16-4-8-22-9-5-16/h2-3,12,16H,4-11,13H2,1H3,(H,19,21). The number of carbonyl (C=O) groups excluding carboxylic acids is 1. The second kappa shape index (κ2) is 7.90. The minimum absolute atomic E-state index is 0.0400. The molecule has 0 atom stereocenters. The predicted octanol–water partition coefficient (Wildman–Crippen LogP) is 1.74. The molecule has 0 aromatic heterocycles. The highest BCUT2D eigenvalue weighted by Crippen LogP contribution is 2.15. The minimum Gasteiger partial charge on any atom is -0.381 e. The summed E-state index contributed by atoms with van der Waals surface area (Å²) in [5, 5.41) is 3.15. The van der Waals surface area contributed by atoms with Crippen molar-refractivity contribution in [2.45, 2.75) is 32.4 Å². The highest BCUT2D eigenvalue weighted by atomic mass is 16.5. The molecule has 0 bridgehead atoms. The van der Waals surface area contributed by atoms with Gasteiger partial charge in [0.1, 0.15) is 0 Å². The molecular weight excluding hydrogens is 292 g/mol. The first-order valence-corrected chi connectivity index (χ1v) is 8.50. The van der Waals surface area contributed by atoms with Crippen molar-refractivity contribution < 1.29 is 14.3 Å². The van der Waals surface area contributed by atoms with E-state index < -0.39 is 0 Å². The van der Waals surface area contributed by atoms with Gasteiger partial charge in [0.15, 0.2) is 0 Å². The Hall–Kier alpha value is -1.43. The van der Waals surface area contributed by atoms with Crippen LogP contribution in [0.15, 0.2) is 18.2 Å². The van der Waals surface area contributed by atoms with Crippen molar-refractivity contribution >= 4 is 5.91 Å². The number of nitrogens with zero attached hydrogens (tertiary/aromatic N) is 1. The lowest BCUT2D eigenvalue weighted by Gasteiger charge is -2.27. The monoisotopic (exact) mass is 318 g/mol. The summed E-state index contributed by atoms with van der Waals surface area (Å²) < 4.78 is 10.7. The van der Waals surface area contributed by atoms with Crippen LogP contribution >= 0.6 is 0 Å². The highest BCUT2D eigenvalue weighted by molar-refractivity contribution is 5.96. The van der Waals surface area contributed by atoms with Gasteiger partial charge in [0.05, 0.1) is 13.2 Å². The SMILES string of the molecule is Cc1ccc(CN2CCOCC2)cc1C(=O)NC1CCOCC1. The molecule has 0 aliphatic carbocycles. The third-order valence-corrected chi connectivity index (χ3v) is 4.61. The van der Waals surface area contributed by atoms with E-state index in [0.717, 1.165) is 70.0 Å². The van der Waals surface area contributed by atoms with E-state index in [-0.39, 0.29) is 11.9 Å². The van der Waals surface area contributed by atoms with Crippen molar-refractivity contribution in [3.63, 3.8) is 0 Å². The van der Waals surface area contributed by atoms with Crippen molar-refractivity contribution in [2.75, 3.05) is 39.5 Å². The lowest BCUT2D eigenvalue weighted by molar-refractivity contribution is 0.0341. The minimum atomic E-state index is 0.0400. The summed E-state index contributed by atoms with van der Waals surface area (Å²) in [7, 11) is 0. The van der Waals surface area contributed by atoms with E-state index in [1.54, 1.807) is 0 Å². The van der Waals surface area contributed by atoms with Gasteiger partial charge in [-0.15, -0.1) is 0 Å². The van der Waals surface area contributed by atoms with Gasteiger partial charge in [0.25, 0.3) is 5.91 Å². The van der Waals surface area contributed by atoms with E-state index in [0.29, 0.717) is 0 Å². The first-order chi connectivity index (χ1) is 11.2. The van der Waals surface area contributed by atoms with Crippen LogP contribution in [0.3, 0.4) is 0 Å². The first-order valence-electron chi connectivity index (χ1n) is 8.50. The Morgan fingerprint density at radius 3 is 2.61 bits per heavy atom. The molecule has 2 saturated heterocycles. The van der Waals surface area contributed by atoms with Gasteiger partial charge in [-0.25, -0.2) is 0 Å². The molecule has 0 radical (unpaired) electrons. The molecule has 0 saturated carbocycles. The van der Waals surface area contributed by atoms with Crippen LogP contribution in [0.1, 0.15) is 34.3 Å². The molecule has 2 aliphatic heterocycles. The molecule has 2 aliphatic rings. The molecule has 1 aromatic carbocycles. The number of nitrogens with one attached hydrogen (secondary N) is 1. The van der Waals surface area contributed by atoms with E-state index in [4.69, 9.17) is 9.47 Å². The van der Waals surface area contributed by atoms with Crippen LogP contribution in [0.25, 0.3) is 0 Å². The Bertz CT molecular complexity index is 535. The lowest BCUT2D eigenvalue weighted by Crippen LogP contribution is -2.39. The summed E-state index contributed by atoms with van der Waals surface area (Å²) in [5.41, 5.74) is 3.01. The Balaban J connectivity index is 1.65. The van der Waals surface area contributed by atoms with E-state index in [1.807, 2.05) is 13.0 Å². The van der Waals surface area contributed by atoms with Crippen LogP contribution in [0.4, 0.5) is 0 Å². The molecule has 0 unspecified atom stereocenters. The third kappa shape index (κ3) is 4.53. The molecule has 23 heavy (non-hydrogen) atoms. The van der Waals surface area contributed by atoms with Gasteiger partial charge in [-0.3, -0.25) is 9.69 Å². The van der Waals surface area contributed by atoms with Gasteiger partial charge in [0, 0.05) is 44.5 Å². The first kappa shape index (κ1) is 16.4. The Labute approximate surface area is 137 Å². The van der Waals surface area contributed by atoms with Crippen LogP contribution in [0.2, 0.25) is 0 Å². The number of benzene rings is 1. The molecule has 126 valence electrons. The van der Waals surface area contributed by atoms with Gasteiger partial charge >= 0.3 is 0 Å². The van der Waals surface area contributed by atoms with Crippen molar-refractivity contribution in [1.82, 2.24) is 10.2 Å². The van der Waals surface area contributed by atoms with Gasteiger partial charge in [-0.05, 0) is 37.0 Å². The topological polar surface area (TPSA) is 50.8 Å². The van der Waals surface area contributed by atoms with Crippen molar-refractivity contribution in [2.24, 2.45) is 0 Å². The lowest BCUT2D eigenvalue weighted by atomic mass is 10.0. The molecule has 5 heteroatoms. The average molecular weight is 318 g/mol. The van der Waals surface area contributed by atoms with Gasteiger partial charge in [-0.2, -0.15) is 0 Å². The molecule has 1 aromatic rings. The molecule has 2 fully saturated rings. The van der Waals surface area contributed by atoms with E-state index >= 15 is 0 Å². The number of carbonyl (C=O) groups is 1. The summed E-state index contributed by atoms with van der Waals surface area (Å²) in [4.78, 5) is 15.0. The molecular formula is C18H26N2O3. The second-order valence-corrected chi connectivity index (χ2v) is 6.40. The zero-order valence-electron chi connectivity index (χ0n) is 13.8. The van der Waals surface area contributed by atoms with Crippen LogP contribution in [0.5, 0.6) is 0 Å². The summed E-state index contributed by atoms with van der Waals surface area (Å²) in [6.45, 7) is 7.85. The maximum atomic E-state index is 12.6. The summed E-state index contributed by atoms with van der Waals surface area (Å²) in [6.07, 6.45) is 1.80. The quantitative estimate of drug-likeness (QED) is 0.919. The summed E-state index contributed by atoms with van der Waals surface area (Å²) in [5.74, 6) is 0.0400. The normalized spacial score (nSPS) is 20.4. The fourth-order valence-corrected chi connectivity index (χ4v) is 3.13. The molecule has 5 nitrogen and oxygen atoms in total. The van der Waals surface area contributed by atoms with Crippen molar-refractivity contribution in [3.8, 4) is 0 Å². The van der Waals surface area contributed by atoms with E-state index in [2.05, 4.69) is 22.3 Å². The van der Waals surface area contributed by atoms with E-state index in [1.165, 1.54) is 5.56 Å². The van der Waals surface area contributed by atoms with Gasteiger partial charge in [-0.1, -0.05) is 12.1 Å². The smallest absolute Gasteiger partial charge is 0.251 e. The Kier molecular flexibility index (Phi) is 5.65. The molecule has 3 rings (SSSR count). The van der Waals surface area contributed by atoms with Crippen LogP contribution < -0.4 is 5.32 Å². The number of amides is 1. The zero-order chi connectivity index (χ0) is 16.1. The second-order valence-electron chi connectivity index (χ2n) is 6.40. The summed E-state index contributed by atoms with van der Waals surface area (Å²) >= 11 is 0. The number of rotatable bonds is 4.